The Bertz CT molecular complexity index is 1110. The van der Waals surface area contributed by atoms with E-state index in [0.29, 0.717) is 22.3 Å². The number of hydrogen-bond acceptors (Lipinski definition) is 8. The second kappa shape index (κ2) is 7.82. The molecule has 9 heteroatoms. The van der Waals surface area contributed by atoms with Crippen LogP contribution in [0.1, 0.15) is 22.5 Å². The summed E-state index contributed by atoms with van der Waals surface area (Å²) in [7, 11) is 3.66. The van der Waals surface area contributed by atoms with Crippen LogP contribution in [0.15, 0.2) is 41.9 Å². The lowest BCUT2D eigenvalue weighted by molar-refractivity contribution is 0.0998. The van der Waals surface area contributed by atoms with Crippen LogP contribution in [0.4, 0.5) is 34.5 Å². The molecule has 5 rings (SSSR count). The molecule has 1 amide bonds. The van der Waals surface area contributed by atoms with Crippen molar-refractivity contribution in [1.82, 2.24) is 9.97 Å². The van der Waals surface area contributed by atoms with Crippen LogP contribution in [-0.2, 0) is 0 Å². The number of thiophene rings is 1. The summed E-state index contributed by atoms with van der Waals surface area (Å²) in [5, 5.41) is 14.9. The molecule has 3 aromatic rings. The molecule has 8 nitrogen and oxygen atoms in total. The summed E-state index contributed by atoms with van der Waals surface area (Å²) in [6.07, 6.45) is 3.11. The number of aromatic nitrogens is 2. The molecule has 2 aromatic heterocycles. The van der Waals surface area contributed by atoms with Crippen molar-refractivity contribution in [3.8, 4) is 0 Å². The molecule has 2 aliphatic rings. The van der Waals surface area contributed by atoms with Gasteiger partial charge in [0.25, 0.3) is 5.91 Å². The predicted octanol–water partition coefficient (Wildman–Crippen LogP) is 3.60. The van der Waals surface area contributed by atoms with Crippen molar-refractivity contribution in [2.45, 2.75) is 18.9 Å². The van der Waals surface area contributed by atoms with Crippen molar-refractivity contribution in [1.29, 1.82) is 0 Å². The molecule has 0 bridgehead atoms. The lowest BCUT2D eigenvalue weighted by Gasteiger charge is -2.31. The van der Waals surface area contributed by atoms with Gasteiger partial charge in [0.2, 0.25) is 5.95 Å². The van der Waals surface area contributed by atoms with E-state index in [9.17, 15) is 9.90 Å². The second-order valence-corrected chi connectivity index (χ2v) is 8.77. The second-order valence-electron chi connectivity index (χ2n) is 7.85. The van der Waals surface area contributed by atoms with Crippen molar-refractivity contribution < 1.29 is 9.90 Å². The van der Waals surface area contributed by atoms with E-state index < -0.39 is 0 Å². The van der Waals surface area contributed by atoms with E-state index in [1.54, 1.807) is 18.1 Å². The van der Waals surface area contributed by atoms with Crippen LogP contribution in [0.25, 0.3) is 0 Å². The topological polar surface area (TPSA) is 84.8 Å². The number of benzene rings is 1. The Labute approximate surface area is 184 Å². The van der Waals surface area contributed by atoms with Crippen molar-refractivity contribution in [3.63, 3.8) is 0 Å². The van der Waals surface area contributed by atoms with Gasteiger partial charge < -0.3 is 25.1 Å². The molecule has 31 heavy (non-hydrogen) atoms. The Morgan fingerprint density at radius 2 is 1.81 bits per heavy atom. The average Bonchev–Trinajstić information content (AvgIpc) is 3.26. The number of piperidine rings is 1. The molecule has 0 radical (unpaired) electrons. The van der Waals surface area contributed by atoms with Gasteiger partial charge in [0.05, 0.1) is 18.0 Å². The van der Waals surface area contributed by atoms with Gasteiger partial charge >= 0.3 is 0 Å². The summed E-state index contributed by atoms with van der Waals surface area (Å²) < 4.78 is 0. The van der Waals surface area contributed by atoms with Crippen LogP contribution in [0.5, 0.6) is 0 Å². The Hall–Kier alpha value is -3.17. The van der Waals surface area contributed by atoms with E-state index in [4.69, 9.17) is 4.98 Å². The lowest BCUT2D eigenvalue weighted by Crippen LogP contribution is -2.35. The van der Waals surface area contributed by atoms with Gasteiger partial charge in [0.1, 0.15) is 10.6 Å². The van der Waals surface area contributed by atoms with Crippen molar-refractivity contribution in [2.75, 3.05) is 47.2 Å². The molecule has 2 N–H and O–H groups in total. The van der Waals surface area contributed by atoms with E-state index >= 15 is 0 Å². The van der Waals surface area contributed by atoms with E-state index in [0.717, 1.165) is 43.0 Å². The zero-order valence-corrected chi connectivity index (χ0v) is 18.3. The van der Waals surface area contributed by atoms with Gasteiger partial charge in [-0.3, -0.25) is 4.79 Å². The maximum atomic E-state index is 12.8. The average molecular weight is 437 g/mol. The third kappa shape index (κ3) is 3.60. The first-order chi connectivity index (χ1) is 15.0. The minimum Gasteiger partial charge on any atom is -0.393 e. The third-order valence-electron chi connectivity index (χ3n) is 5.89. The molecule has 0 atom stereocenters. The van der Waals surface area contributed by atoms with Crippen LogP contribution in [-0.4, -0.2) is 54.3 Å². The summed E-state index contributed by atoms with van der Waals surface area (Å²) in [5.74, 6) is 1.09. The fourth-order valence-corrected chi connectivity index (χ4v) is 4.92. The normalized spacial score (nSPS) is 16.7. The number of fused-ring (bicyclic) bond motifs is 2. The molecule has 1 aromatic carbocycles. The molecule has 4 heterocycles. The number of amides is 1. The summed E-state index contributed by atoms with van der Waals surface area (Å²) in [6.45, 7) is 1.73. The maximum absolute atomic E-state index is 12.8. The lowest BCUT2D eigenvalue weighted by atomic mass is 10.1. The zero-order valence-electron chi connectivity index (χ0n) is 17.4. The SMILES string of the molecule is CN1C(=O)c2sccc2N(C)c2nc(Nc3ccc(N4CCC(O)CC4)cc3)ncc21. The molecule has 0 spiro atoms. The largest absolute Gasteiger partial charge is 0.393 e. The first kappa shape index (κ1) is 19.8. The number of nitrogens with one attached hydrogen (secondary N) is 1. The quantitative estimate of drug-likeness (QED) is 0.649. The van der Waals surface area contributed by atoms with Crippen LogP contribution < -0.4 is 20.0 Å². The van der Waals surface area contributed by atoms with Gasteiger partial charge in [-0.2, -0.15) is 4.98 Å². The molecular formula is C22H24N6O2S. The van der Waals surface area contributed by atoms with Gasteiger partial charge in [-0.15, -0.1) is 11.3 Å². The maximum Gasteiger partial charge on any atom is 0.270 e. The van der Waals surface area contributed by atoms with Gasteiger partial charge in [-0.05, 0) is 48.6 Å². The Morgan fingerprint density at radius 1 is 1.06 bits per heavy atom. The highest BCUT2D eigenvalue weighted by Gasteiger charge is 2.30. The Balaban J connectivity index is 1.38. The van der Waals surface area contributed by atoms with Gasteiger partial charge in [-0.1, -0.05) is 0 Å². The number of nitrogens with zero attached hydrogens (tertiary/aromatic N) is 5. The fraction of sp³-hybridized carbons (Fsp3) is 0.318. The highest BCUT2D eigenvalue weighted by molar-refractivity contribution is 7.12. The van der Waals surface area contributed by atoms with Gasteiger partial charge in [-0.25, -0.2) is 4.98 Å². The zero-order chi connectivity index (χ0) is 21.5. The minimum atomic E-state index is -0.180. The highest BCUT2D eigenvalue weighted by atomic mass is 32.1. The van der Waals surface area contributed by atoms with E-state index in [2.05, 4.69) is 27.3 Å². The summed E-state index contributed by atoms with van der Waals surface area (Å²) in [5.41, 5.74) is 3.55. The standard InChI is InChI=1S/C22H24N6O2S/c1-26-17-9-12-31-19(17)21(30)27(2)18-13-23-22(25-20(18)26)24-14-3-5-15(6-4-14)28-10-7-16(29)8-11-28/h3-6,9,12-13,16,29H,7-8,10-11H2,1-2H3,(H,23,24,25). The number of rotatable bonds is 3. The van der Waals surface area contributed by atoms with Crippen molar-refractivity contribution >= 4 is 51.8 Å². The van der Waals surface area contributed by atoms with Crippen LogP contribution in [0, 0.1) is 0 Å². The van der Waals surface area contributed by atoms with E-state index in [1.807, 2.05) is 35.5 Å². The predicted molar refractivity (Wildman–Crippen MR) is 124 cm³/mol. The molecule has 0 unspecified atom stereocenters. The van der Waals surface area contributed by atoms with Crippen LogP contribution in [0.3, 0.4) is 0 Å². The van der Waals surface area contributed by atoms with E-state index in [-0.39, 0.29) is 12.0 Å². The number of carbonyl (C=O) groups excluding carboxylic acids is 1. The summed E-state index contributed by atoms with van der Waals surface area (Å²) in [4.78, 5) is 28.4. The Kier molecular flexibility index (Phi) is 4.99. The number of anilines is 6. The molecule has 2 aliphatic heterocycles. The van der Waals surface area contributed by atoms with Crippen LogP contribution in [0.2, 0.25) is 0 Å². The van der Waals surface area contributed by atoms with Gasteiger partial charge in [0.15, 0.2) is 5.82 Å². The van der Waals surface area contributed by atoms with Crippen LogP contribution >= 0.6 is 11.3 Å². The molecule has 0 aliphatic carbocycles. The molecule has 1 saturated heterocycles. The number of carbonyl (C=O) groups is 1. The molecular weight excluding hydrogens is 412 g/mol. The Morgan fingerprint density at radius 3 is 2.55 bits per heavy atom. The van der Waals surface area contributed by atoms with Crippen molar-refractivity contribution in [2.24, 2.45) is 0 Å². The minimum absolute atomic E-state index is 0.0549. The molecule has 1 fully saturated rings. The fourth-order valence-electron chi connectivity index (χ4n) is 4.02. The molecule has 160 valence electrons. The molecule has 0 saturated carbocycles. The number of aliphatic hydroxyl groups is 1. The first-order valence-electron chi connectivity index (χ1n) is 10.3. The summed E-state index contributed by atoms with van der Waals surface area (Å²) >= 11 is 1.43. The monoisotopic (exact) mass is 436 g/mol. The van der Waals surface area contributed by atoms with E-state index in [1.165, 1.54) is 11.3 Å². The van der Waals surface area contributed by atoms with Crippen molar-refractivity contribution in [3.05, 3.63) is 46.8 Å². The summed E-state index contributed by atoms with van der Waals surface area (Å²) in [6, 6.07) is 10.1. The number of hydrogen-bond donors (Lipinski definition) is 2. The van der Waals surface area contributed by atoms with Gasteiger partial charge in [0, 0.05) is 38.6 Å². The smallest absolute Gasteiger partial charge is 0.270 e. The number of aliphatic hydroxyl groups excluding tert-OH is 1. The highest BCUT2D eigenvalue weighted by Crippen LogP contribution is 2.40. The third-order valence-corrected chi connectivity index (χ3v) is 6.78. The first-order valence-corrected chi connectivity index (χ1v) is 11.2.